The van der Waals surface area contributed by atoms with Crippen molar-refractivity contribution in [3.63, 3.8) is 0 Å². The number of carbonyl (C=O) groups excluding carboxylic acids is 1. The second kappa shape index (κ2) is 7.52. The van der Waals surface area contributed by atoms with Crippen LogP contribution >= 0.6 is 0 Å². The third kappa shape index (κ3) is 4.12. The van der Waals surface area contributed by atoms with Gasteiger partial charge in [0.05, 0.1) is 18.8 Å². The molecule has 2 aliphatic heterocycles. The van der Waals surface area contributed by atoms with Crippen LogP contribution in [0.3, 0.4) is 0 Å². The molecule has 3 rings (SSSR count). The van der Waals surface area contributed by atoms with E-state index in [-0.39, 0.29) is 30.3 Å². The summed E-state index contributed by atoms with van der Waals surface area (Å²) in [5.74, 6) is 0.539. The van der Waals surface area contributed by atoms with Crippen LogP contribution in [0.15, 0.2) is 30.2 Å². The summed E-state index contributed by atoms with van der Waals surface area (Å²) in [5.41, 5.74) is 7.19. The van der Waals surface area contributed by atoms with Crippen molar-refractivity contribution in [2.24, 2.45) is 5.41 Å². The summed E-state index contributed by atoms with van der Waals surface area (Å²) in [6.45, 7) is 13.0. The number of rotatable bonds is 3. The first-order valence-corrected chi connectivity index (χ1v) is 9.63. The average Bonchev–Trinajstić information content (AvgIpc) is 2.97. The van der Waals surface area contributed by atoms with Gasteiger partial charge in [0, 0.05) is 6.04 Å². The van der Waals surface area contributed by atoms with E-state index in [1.165, 1.54) is 16.7 Å². The van der Waals surface area contributed by atoms with Crippen molar-refractivity contribution in [2.45, 2.75) is 66.2 Å². The topological polar surface area (TPSA) is 62.8 Å². The van der Waals surface area contributed by atoms with Gasteiger partial charge in [-0.2, -0.15) is 5.01 Å². The zero-order chi connectivity index (χ0) is 19.8. The van der Waals surface area contributed by atoms with Gasteiger partial charge >= 0.3 is 6.16 Å². The highest BCUT2D eigenvalue weighted by Crippen LogP contribution is 2.40. The number of nitrogens with zero attached hydrogens (tertiary/aromatic N) is 1. The molecule has 27 heavy (non-hydrogen) atoms. The molecule has 6 heteroatoms. The van der Waals surface area contributed by atoms with Crippen molar-refractivity contribution >= 4 is 6.16 Å². The van der Waals surface area contributed by atoms with Crippen LogP contribution in [0, 0.1) is 19.3 Å². The second-order valence-corrected chi connectivity index (χ2v) is 8.47. The molecule has 1 aromatic carbocycles. The van der Waals surface area contributed by atoms with Gasteiger partial charge in [-0.15, -0.1) is 0 Å². The maximum atomic E-state index is 11.8. The van der Waals surface area contributed by atoms with Gasteiger partial charge in [0.15, 0.2) is 5.76 Å². The van der Waals surface area contributed by atoms with Crippen LogP contribution in [0.1, 0.15) is 56.8 Å². The molecule has 148 valence electrons. The molecule has 0 aromatic heterocycles. The fraction of sp³-hybridized carbons (Fsp3) is 0.571. The summed E-state index contributed by atoms with van der Waals surface area (Å²) in [5, 5.41) is 5.78. The zero-order valence-corrected chi connectivity index (χ0v) is 17.1. The Kier molecular flexibility index (Phi) is 5.49. The first-order valence-electron chi connectivity index (χ1n) is 9.63. The van der Waals surface area contributed by atoms with E-state index in [9.17, 15) is 4.79 Å². The highest BCUT2D eigenvalue weighted by Gasteiger charge is 2.45. The van der Waals surface area contributed by atoms with Gasteiger partial charge in [-0.1, -0.05) is 44.5 Å². The molecule has 2 N–H and O–H groups in total. The third-order valence-corrected chi connectivity index (χ3v) is 5.35. The first kappa shape index (κ1) is 19.7. The van der Waals surface area contributed by atoms with Gasteiger partial charge in [0.25, 0.3) is 0 Å². The predicted molar refractivity (Wildman–Crippen MR) is 105 cm³/mol. The average molecular weight is 373 g/mol. The van der Waals surface area contributed by atoms with E-state index < -0.39 is 6.16 Å². The Labute approximate surface area is 161 Å². The van der Waals surface area contributed by atoms with Crippen molar-refractivity contribution in [1.29, 1.82) is 0 Å². The number of hydrazine groups is 1. The van der Waals surface area contributed by atoms with Crippen LogP contribution in [0.2, 0.25) is 0 Å². The predicted octanol–water partition coefficient (Wildman–Crippen LogP) is 3.91. The largest absolute Gasteiger partial charge is 0.513 e. The standard InChI is InChI=1S/C21H31N3O3/c1-7-26-20(25)27-17-12-22-24-16(15-9-8-13(2)10-14(15)3)11-18(21(4,5)6)23-19(17)24/h8-10,12,16,18-19,22-23H,7,11H2,1-6H3. The Hall–Kier alpha value is -2.05. The Morgan fingerprint density at radius 2 is 2.04 bits per heavy atom. The van der Waals surface area contributed by atoms with Crippen LogP contribution in [-0.2, 0) is 9.47 Å². The molecule has 0 amide bonds. The lowest BCUT2D eigenvalue weighted by Crippen LogP contribution is -2.61. The molecule has 0 bridgehead atoms. The lowest BCUT2D eigenvalue weighted by atomic mass is 9.79. The van der Waals surface area contributed by atoms with Crippen LogP contribution < -0.4 is 10.7 Å². The molecule has 2 heterocycles. The smallest absolute Gasteiger partial charge is 0.434 e. The van der Waals surface area contributed by atoms with Crippen LogP contribution in [0.4, 0.5) is 4.79 Å². The molecule has 3 unspecified atom stereocenters. The molecule has 3 atom stereocenters. The molecule has 0 saturated carbocycles. The van der Waals surface area contributed by atoms with Crippen molar-refractivity contribution in [1.82, 2.24) is 15.8 Å². The molecule has 1 saturated heterocycles. The molecular formula is C21H31N3O3. The van der Waals surface area contributed by atoms with E-state index in [0.717, 1.165) is 6.42 Å². The molecule has 0 aliphatic carbocycles. The highest BCUT2D eigenvalue weighted by molar-refractivity contribution is 5.61. The number of benzene rings is 1. The molecule has 2 aliphatic rings. The number of nitrogens with one attached hydrogen (secondary N) is 2. The number of hydrogen-bond acceptors (Lipinski definition) is 6. The van der Waals surface area contributed by atoms with Crippen LogP contribution in [0.25, 0.3) is 0 Å². The molecular weight excluding hydrogens is 342 g/mol. The third-order valence-electron chi connectivity index (χ3n) is 5.35. The summed E-state index contributed by atoms with van der Waals surface area (Å²) in [6, 6.07) is 7.02. The SMILES string of the molecule is CCOC(=O)OC1=CNN2C1NC(C(C)(C)C)CC2c1ccc(C)cc1C. The van der Waals surface area contributed by atoms with Gasteiger partial charge in [0.1, 0.15) is 6.17 Å². The minimum absolute atomic E-state index is 0.0700. The maximum absolute atomic E-state index is 11.8. The van der Waals surface area contributed by atoms with E-state index >= 15 is 0 Å². The molecule has 6 nitrogen and oxygen atoms in total. The summed E-state index contributed by atoms with van der Waals surface area (Å²) in [4.78, 5) is 11.8. The molecule has 0 radical (unpaired) electrons. The van der Waals surface area contributed by atoms with Gasteiger partial charge in [-0.25, -0.2) is 4.79 Å². The number of hydrogen-bond donors (Lipinski definition) is 2. The molecule has 1 fully saturated rings. The fourth-order valence-corrected chi connectivity index (χ4v) is 3.87. The van der Waals surface area contributed by atoms with Crippen molar-refractivity contribution in [2.75, 3.05) is 6.61 Å². The monoisotopic (exact) mass is 373 g/mol. The minimum atomic E-state index is -0.671. The lowest BCUT2D eigenvalue weighted by Gasteiger charge is -2.47. The number of ether oxygens (including phenoxy) is 2. The Morgan fingerprint density at radius 3 is 2.67 bits per heavy atom. The first-order chi connectivity index (χ1) is 12.7. The molecule has 1 aromatic rings. The second-order valence-electron chi connectivity index (χ2n) is 8.47. The van der Waals surface area contributed by atoms with Crippen molar-refractivity contribution in [3.05, 3.63) is 46.8 Å². The van der Waals surface area contributed by atoms with Crippen LogP contribution in [-0.4, -0.2) is 30.0 Å². The van der Waals surface area contributed by atoms with E-state index in [4.69, 9.17) is 9.47 Å². The van der Waals surface area contributed by atoms with Gasteiger partial charge in [0.2, 0.25) is 0 Å². The number of carbonyl (C=O) groups is 1. The summed E-state index contributed by atoms with van der Waals surface area (Å²) in [6.07, 6.45) is 1.81. The van der Waals surface area contributed by atoms with Gasteiger partial charge in [-0.05, 0) is 43.7 Å². The molecule has 0 spiro atoms. The van der Waals surface area contributed by atoms with E-state index in [1.54, 1.807) is 13.1 Å². The summed E-state index contributed by atoms with van der Waals surface area (Å²) >= 11 is 0. The van der Waals surface area contributed by atoms with E-state index in [0.29, 0.717) is 5.76 Å². The zero-order valence-electron chi connectivity index (χ0n) is 17.1. The van der Waals surface area contributed by atoms with E-state index in [1.807, 2.05) is 0 Å². The lowest BCUT2D eigenvalue weighted by molar-refractivity contribution is -0.00155. The fourth-order valence-electron chi connectivity index (χ4n) is 3.87. The Bertz CT molecular complexity index is 739. The summed E-state index contributed by atoms with van der Waals surface area (Å²) < 4.78 is 10.4. The highest BCUT2D eigenvalue weighted by atomic mass is 16.7. The quantitative estimate of drug-likeness (QED) is 0.783. The maximum Gasteiger partial charge on any atom is 0.513 e. The summed E-state index contributed by atoms with van der Waals surface area (Å²) in [7, 11) is 0. The van der Waals surface area contributed by atoms with Gasteiger partial charge in [-0.3, -0.25) is 5.32 Å². The normalized spacial score (nSPS) is 25.4. The van der Waals surface area contributed by atoms with Crippen LogP contribution in [0.5, 0.6) is 0 Å². The Morgan fingerprint density at radius 1 is 1.30 bits per heavy atom. The number of aryl methyl sites for hydroxylation is 2. The minimum Gasteiger partial charge on any atom is -0.434 e. The van der Waals surface area contributed by atoms with E-state index in [2.05, 4.69) is 68.6 Å². The number of fused-ring (bicyclic) bond motifs is 1. The van der Waals surface area contributed by atoms with Crippen molar-refractivity contribution in [3.8, 4) is 0 Å². The van der Waals surface area contributed by atoms with Gasteiger partial charge < -0.3 is 14.9 Å². The van der Waals surface area contributed by atoms with Crippen molar-refractivity contribution < 1.29 is 14.3 Å². The Balaban J connectivity index is 1.90.